The van der Waals surface area contributed by atoms with E-state index in [9.17, 15) is 0 Å². The molecule has 2 N–H and O–H groups in total. The Morgan fingerprint density at radius 1 is 0.769 bits per heavy atom. The van der Waals surface area contributed by atoms with Crippen molar-refractivity contribution in [3.63, 3.8) is 0 Å². The normalized spacial score (nSPS) is 24.7. The van der Waals surface area contributed by atoms with Gasteiger partial charge in [-0.25, -0.2) is 0 Å². The van der Waals surface area contributed by atoms with E-state index in [1.165, 1.54) is 58.3 Å². The summed E-state index contributed by atoms with van der Waals surface area (Å²) in [4.78, 5) is 0. The van der Waals surface area contributed by atoms with Crippen molar-refractivity contribution in [2.75, 3.05) is 26.2 Å². The molecule has 2 fully saturated rings. The van der Waals surface area contributed by atoms with Crippen molar-refractivity contribution in [2.45, 2.75) is 39.0 Å². The van der Waals surface area contributed by atoms with E-state index in [2.05, 4.69) is 17.6 Å². The fourth-order valence-corrected chi connectivity index (χ4v) is 1.77. The highest BCUT2D eigenvalue weighted by atomic mass is 14.9. The van der Waals surface area contributed by atoms with Gasteiger partial charge in [-0.1, -0.05) is 13.3 Å². The molecule has 0 aromatic heterocycles. The topological polar surface area (TPSA) is 24.1 Å². The Morgan fingerprint density at radius 2 is 1.31 bits per heavy atom. The number of piperidine rings is 2. The van der Waals surface area contributed by atoms with E-state index in [0.29, 0.717) is 0 Å². The number of rotatable bonds is 0. The first-order valence-corrected chi connectivity index (χ1v) is 5.81. The number of hydrogen-bond acceptors (Lipinski definition) is 2. The molecule has 2 nitrogen and oxygen atoms in total. The second-order valence-corrected chi connectivity index (χ2v) is 4.24. The highest BCUT2D eigenvalue weighted by Gasteiger charge is 2.05. The van der Waals surface area contributed by atoms with Gasteiger partial charge in [0.15, 0.2) is 0 Å². The average Bonchev–Trinajstić information content (AvgIpc) is 2.22. The molecule has 0 aliphatic carbocycles. The van der Waals surface area contributed by atoms with Crippen molar-refractivity contribution in [3.05, 3.63) is 0 Å². The second kappa shape index (κ2) is 7.34. The van der Waals surface area contributed by atoms with Crippen LogP contribution in [0.5, 0.6) is 0 Å². The fraction of sp³-hybridized carbons (Fsp3) is 1.00. The van der Waals surface area contributed by atoms with E-state index in [1.54, 1.807) is 0 Å². The van der Waals surface area contributed by atoms with Crippen LogP contribution in [-0.2, 0) is 0 Å². The summed E-state index contributed by atoms with van der Waals surface area (Å²) in [5.41, 5.74) is 0. The predicted octanol–water partition coefficient (Wildman–Crippen LogP) is 1.77. The number of nitrogens with one attached hydrogen (secondary N) is 2. The van der Waals surface area contributed by atoms with Gasteiger partial charge in [0, 0.05) is 0 Å². The van der Waals surface area contributed by atoms with Gasteiger partial charge in [0.2, 0.25) is 0 Å². The summed E-state index contributed by atoms with van der Waals surface area (Å²) in [6.45, 7) is 7.29. The zero-order chi connectivity index (χ0) is 9.36. The van der Waals surface area contributed by atoms with Crippen molar-refractivity contribution in [3.8, 4) is 0 Å². The van der Waals surface area contributed by atoms with Crippen molar-refractivity contribution in [1.29, 1.82) is 0 Å². The first-order chi connectivity index (χ1) is 6.39. The van der Waals surface area contributed by atoms with Gasteiger partial charge >= 0.3 is 0 Å². The molecule has 2 aliphatic rings. The maximum atomic E-state index is 3.32. The van der Waals surface area contributed by atoms with Gasteiger partial charge < -0.3 is 10.6 Å². The molecule has 2 heterocycles. The molecule has 0 atom stereocenters. The summed E-state index contributed by atoms with van der Waals surface area (Å²) < 4.78 is 0. The van der Waals surface area contributed by atoms with Crippen molar-refractivity contribution < 1.29 is 0 Å². The minimum absolute atomic E-state index is 0.973. The Labute approximate surface area is 82.5 Å². The minimum atomic E-state index is 0.973. The summed E-state index contributed by atoms with van der Waals surface area (Å²) >= 11 is 0. The molecule has 0 radical (unpaired) electrons. The van der Waals surface area contributed by atoms with Crippen LogP contribution < -0.4 is 10.6 Å². The second-order valence-electron chi connectivity index (χ2n) is 4.24. The van der Waals surface area contributed by atoms with E-state index >= 15 is 0 Å². The van der Waals surface area contributed by atoms with Crippen molar-refractivity contribution in [2.24, 2.45) is 5.92 Å². The lowest BCUT2D eigenvalue weighted by molar-refractivity contribution is 0.402. The molecule has 0 amide bonds. The average molecular weight is 184 g/mol. The maximum absolute atomic E-state index is 3.32. The number of hydrogen-bond donors (Lipinski definition) is 2. The van der Waals surface area contributed by atoms with Crippen LogP contribution in [-0.4, -0.2) is 26.2 Å². The van der Waals surface area contributed by atoms with Crippen molar-refractivity contribution in [1.82, 2.24) is 10.6 Å². The van der Waals surface area contributed by atoms with Crippen LogP contribution in [0.2, 0.25) is 0 Å². The zero-order valence-corrected chi connectivity index (χ0v) is 8.94. The van der Waals surface area contributed by atoms with Crippen LogP contribution in [0, 0.1) is 5.92 Å². The van der Waals surface area contributed by atoms with Crippen LogP contribution in [0.3, 0.4) is 0 Å². The smallest absolute Gasteiger partial charge is 0.00464 e. The first kappa shape index (κ1) is 11.0. The summed E-state index contributed by atoms with van der Waals surface area (Å²) in [7, 11) is 0. The van der Waals surface area contributed by atoms with Gasteiger partial charge in [0.05, 0.1) is 0 Å². The summed E-state index contributed by atoms with van der Waals surface area (Å²) in [5, 5.41) is 6.60. The monoisotopic (exact) mass is 184 g/mol. The Balaban J connectivity index is 0.000000132. The van der Waals surface area contributed by atoms with Crippen LogP contribution in [0.1, 0.15) is 39.0 Å². The summed E-state index contributed by atoms with van der Waals surface area (Å²) in [5.74, 6) is 0.973. The van der Waals surface area contributed by atoms with E-state index in [4.69, 9.17) is 0 Å². The molecule has 0 bridgehead atoms. The molecule has 2 rings (SSSR count). The lowest BCUT2D eigenvalue weighted by Gasteiger charge is -2.17. The van der Waals surface area contributed by atoms with Crippen LogP contribution >= 0.6 is 0 Å². The first-order valence-electron chi connectivity index (χ1n) is 5.81. The minimum Gasteiger partial charge on any atom is -0.317 e. The third-order valence-electron chi connectivity index (χ3n) is 2.83. The van der Waals surface area contributed by atoms with E-state index in [1.807, 2.05) is 0 Å². The molecular weight excluding hydrogens is 160 g/mol. The third kappa shape index (κ3) is 6.05. The van der Waals surface area contributed by atoms with Gasteiger partial charge in [0.1, 0.15) is 0 Å². The van der Waals surface area contributed by atoms with Gasteiger partial charge in [0.25, 0.3) is 0 Å². The molecule has 0 spiro atoms. The molecule has 78 valence electrons. The molecule has 0 aromatic rings. The highest BCUT2D eigenvalue weighted by molar-refractivity contribution is 4.62. The van der Waals surface area contributed by atoms with Crippen LogP contribution in [0.25, 0.3) is 0 Å². The van der Waals surface area contributed by atoms with E-state index in [-0.39, 0.29) is 0 Å². The summed E-state index contributed by atoms with van der Waals surface area (Å²) in [6.07, 6.45) is 6.97. The van der Waals surface area contributed by atoms with Gasteiger partial charge in [-0.3, -0.25) is 0 Å². The SMILES string of the molecule is C1CCNCC1.CC1CCNCC1. The predicted molar refractivity (Wildman–Crippen MR) is 58.0 cm³/mol. The molecule has 2 heteroatoms. The quantitative estimate of drug-likeness (QED) is 0.599. The van der Waals surface area contributed by atoms with Crippen molar-refractivity contribution >= 4 is 0 Å². The maximum Gasteiger partial charge on any atom is -0.00464 e. The molecule has 2 saturated heterocycles. The summed E-state index contributed by atoms with van der Waals surface area (Å²) in [6, 6.07) is 0. The molecule has 2 aliphatic heterocycles. The molecule has 0 aromatic carbocycles. The highest BCUT2D eigenvalue weighted by Crippen LogP contribution is 2.08. The lowest BCUT2D eigenvalue weighted by Crippen LogP contribution is -2.26. The lowest BCUT2D eigenvalue weighted by atomic mass is 10.0. The standard InChI is InChI=1S/C6H13N.C5H11N/c1-6-2-4-7-5-3-6;1-2-4-6-5-3-1/h6-7H,2-5H2,1H3;6H,1-5H2. The van der Waals surface area contributed by atoms with E-state index < -0.39 is 0 Å². The molecule has 13 heavy (non-hydrogen) atoms. The molecule has 0 unspecified atom stereocenters. The Hall–Kier alpha value is -0.0800. The van der Waals surface area contributed by atoms with Gasteiger partial charge in [-0.2, -0.15) is 0 Å². The zero-order valence-electron chi connectivity index (χ0n) is 8.94. The van der Waals surface area contributed by atoms with E-state index in [0.717, 1.165) is 5.92 Å². The molecule has 0 saturated carbocycles. The Bertz CT molecular complexity index is 93.1. The van der Waals surface area contributed by atoms with Gasteiger partial charge in [-0.05, 0) is 57.8 Å². The van der Waals surface area contributed by atoms with Crippen LogP contribution in [0.15, 0.2) is 0 Å². The Kier molecular flexibility index (Phi) is 6.21. The fourth-order valence-electron chi connectivity index (χ4n) is 1.77. The third-order valence-corrected chi connectivity index (χ3v) is 2.83. The van der Waals surface area contributed by atoms with Crippen LogP contribution in [0.4, 0.5) is 0 Å². The largest absolute Gasteiger partial charge is 0.317 e. The van der Waals surface area contributed by atoms with Gasteiger partial charge in [-0.15, -0.1) is 0 Å². The Morgan fingerprint density at radius 3 is 1.54 bits per heavy atom. The molecular formula is C11H24N2.